The summed E-state index contributed by atoms with van der Waals surface area (Å²) in [5.41, 5.74) is 2.47. The average molecular weight is 282 g/mol. The molecule has 3 rings (SSSR count). The molecule has 2 aromatic carbocycles. The molecule has 4 nitrogen and oxygen atoms in total. The highest BCUT2D eigenvalue weighted by atomic mass is 19.1. The van der Waals surface area contributed by atoms with Crippen LogP contribution >= 0.6 is 0 Å². The van der Waals surface area contributed by atoms with E-state index in [4.69, 9.17) is 0 Å². The molecule has 106 valence electrons. The van der Waals surface area contributed by atoms with Gasteiger partial charge in [-0.05, 0) is 18.2 Å². The predicted molar refractivity (Wildman–Crippen MR) is 80.2 cm³/mol. The van der Waals surface area contributed by atoms with E-state index in [0.29, 0.717) is 12.1 Å². The molecule has 3 aromatic rings. The third kappa shape index (κ3) is 2.76. The van der Waals surface area contributed by atoms with Crippen LogP contribution in [0.3, 0.4) is 0 Å². The standard InChI is InChI=1S/C16H15FN4/c1-21-11-19-20-16(21)13-7-3-5-9-15(13)18-10-12-6-2-4-8-14(12)17/h2-9,11,18H,10H2,1H3. The van der Waals surface area contributed by atoms with Gasteiger partial charge in [0.25, 0.3) is 0 Å². The average Bonchev–Trinajstić information content (AvgIpc) is 2.93. The van der Waals surface area contributed by atoms with Crippen molar-refractivity contribution in [3.8, 4) is 11.4 Å². The van der Waals surface area contributed by atoms with E-state index < -0.39 is 0 Å². The van der Waals surface area contributed by atoms with E-state index in [1.165, 1.54) is 6.07 Å². The van der Waals surface area contributed by atoms with Crippen molar-refractivity contribution in [3.05, 3.63) is 66.2 Å². The molecule has 21 heavy (non-hydrogen) atoms. The lowest BCUT2D eigenvalue weighted by Crippen LogP contribution is -2.04. The van der Waals surface area contributed by atoms with Crippen LogP contribution in [0.5, 0.6) is 0 Å². The molecule has 0 radical (unpaired) electrons. The van der Waals surface area contributed by atoms with Crippen LogP contribution in [0, 0.1) is 5.82 Å². The van der Waals surface area contributed by atoms with Gasteiger partial charge in [0.15, 0.2) is 5.82 Å². The molecule has 5 heteroatoms. The molecule has 0 spiro atoms. The first-order valence-corrected chi connectivity index (χ1v) is 6.66. The second-order valence-corrected chi connectivity index (χ2v) is 4.76. The molecule has 0 aliphatic heterocycles. The number of aryl methyl sites for hydroxylation is 1. The summed E-state index contributed by atoms with van der Waals surface area (Å²) in [6, 6.07) is 14.5. The number of benzene rings is 2. The first-order valence-electron chi connectivity index (χ1n) is 6.66. The maximum absolute atomic E-state index is 13.7. The Morgan fingerprint density at radius 3 is 2.62 bits per heavy atom. The summed E-state index contributed by atoms with van der Waals surface area (Å²) in [6.45, 7) is 0.418. The van der Waals surface area contributed by atoms with Gasteiger partial charge in [-0.1, -0.05) is 30.3 Å². The molecule has 1 heterocycles. The van der Waals surface area contributed by atoms with Gasteiger partial charge in [0.1, 0.15) is 12.1 Å². The lowest BCUT2D eigenvalue weighted by atomic mass is 10.1. The number of aromatic nitrogens is 3. The highest BCUT2D eigenvalue weighted by Crippen LogP contribution is 2.26. The summed E-state index contributed by atoms with van der Waals surface area (Å²) in [5, 5.41) is 11.3. The van der Waals surface area contributed by atoms with E-state index in [9.17, 15) is 4.39 Å². The van der Waals surface area contributed by atoms with Crippen molar-refractivity contribution in [1.82, 2.24) is 14.8 Å². The number of halogens is 1. The summed E-state index contributed by atoms with van der Waals surface area (Å²) < 4.78 is 15.5. The third-order valence-corrected chi connectivity index (χ3v) is 3.31. The Balaban J connectivity index is 1.87. The summed E-state index contributed by atoms with van der Waals surface area (Å²) in [6.07, 6.45) is 1.66. The Morgan fingerprint density at radius 2 is 1.86 bits per heavy atom. The van der Waals surface area contributed by atoms with Crippen LogP contribution < -0.4 is 5.32 Å². The lowest BCUT2D eigenvalue weighted by Gasteiger charge is -2.12. The molecule has 0 bridgehead atoms. The molecule has 0 aliphatic carbocycles. The molecule has 0 saturated heterocycles. The van der Waals surface area contributed by atoms with Crippen LogP contribution in [0.2, 0.25) is 0 Å². The Morgan fingerprint density at radius 1 is 1.10 bits per heavy atom. The molecule has 1 N–H and O–H groups in total. The van der Waals surface area contributed by atoms with Crippen molar-refractivity contribution in [1.29, 1.82) is 0 Å². The van der Waals surface area contributed by atoms with Crippen LogP contribution in [0.15, 0.2) is 54.9 Å². The maximum Gasteiger partial charge on any atom is 0.165 e. The van der Waals surface area contributed by atoms with E-state index in [0.717, 1.165) is 17.1 Å². The Hall–Kier alpha value is -2.69. The minimum atomic E-state index is -0.207. The number of anilines is 1. The Bertz CT molecular complexity index is 751. The quantitative estimate of drug-likeness (QED) is 0.799. The van der Waals surface area contributed by atoms with Gasteiger partial charge < -0.3 is 9.88 Å². The van der Waals surface area contributed by atoms with E-state index >= 15 is 0 Å². The van der Waals surface area contributed by atoms with Crippen molar-refractivity contribution in [2.24, 2.45) is 7.05 Å². The molecule has 1 aromatic heterocycles. The van der Waals surface area contributed by atoms with Crippen LogP contribution in [-0.4, -0.2) is 14.8 Å². The summed E-state index contributed by atoms with van der Waals surface area (Å²) in [7, 11) is 1.89. The normalized spacial score (nSPS) is 10.6. The van der Waals surface area contributed by atoms with Gasteiger partial charge in [-0.2, -0.15) is 0 Å². The van der Waals surface area contributed by atoms with Crippen LogP contribution in [-0.2, 0) is 13.6 Å². The minimum Gasteiger partial charge on any atom is -0.380 e. The largest absolute Gasteiger partial charge is 0.380 e. The number of para-hydroxylation sites is 1. The summed E-state index contributed by atoms with van der Waals surface area (Å²) in [5.74, 6) is 0.563. The van der Waals surface area contributed by atoms with Gasteiger partial charge in [0, 0.05) is 30.4 Å². The molecule has 0 aliphatic rings. The number of nitrogens with zero attached hydrogens (tertiary/aromatic N) is 3. The molecular formula is C16H15FN4. The molecule has 0 unspecified atom stereocenters. The number of hydrogen-bond acceptors (Lipinski definition) is 3. The topological polar surface area (TPSA) is 42.7 Å². The molecular weight excluding hydrogens is 267 g/mol. The molecule has 0 saturated carbocycles. The van der Waals surface area contributed by atoms with Gasteiger partial charge in [0.05, 0.1) is 0 Å². The zero-order chi connectivity index (χ0) is 14.7. The molecule has 0 amide bonds. The van der Waals surface area contributed by atoms with Crippen LogP contribution in [0.25, 0.3) is 11.4 Å². The summed E-state index contributed by atoms with van der Waals surface area (Å²) >= 11 is 0. The highest BCUT2D eigenvalue weighted by molar-refractivity contribution is 5.73. The zero-order valence-corrected chi connectivity index (χ0v) is 11.6. The fraction of sp³-hybridized carbons (Fsp3) is 0.125. The number of nitrogens with one attached hydrogen (secondary N) is 1. The van der Waals surface area contributed by atoms with Crippen molar-refractivity contribution in [2.45, 2.75) is 6.54 Å². The highest BCUT2D eigenvalue weighted by Gasteiger charge is 2.10. The van der Waals surface area contributed by atoms with Gasteiger partial charge in [0.2, 0.25) is 0 Å². The fourth-order valence-electron chi connectivity index (χ4n) is 2.19. The van der Waals surface area contributed by atoms with Crippen molar-refractivity contribution >= 4 is 5.69 Å². The van der Waals surface area contributed by atoms with Crippen molar-refractivity contribution in [3.63, 3.8) is 0 Å². The maximum atomic E-state index is 13.7. The van der Waals surface area contributed by atoms with E-state index in [1.54, 1.807) is 18.5 Å². The number of rotatable bonds is 4. The van der Waals surface area contributed by atoms with Gasteiger partial charge in [-0.15, -0.1) is 10.2 Å². The lowest BCUT2D eigenvalue weighted by molar-refractivity contribution is 0.613. The summed E-state index contributed by atoms with van der Waals surface area (Å²) in [4.78, 5) is 0. The van der Waals surface area contributed by atoms with Gasteiger partial charge in [-0.25, -0.2) is 4.39 Å². The predicted octanol–water partition coefficient (Wildman–Crippen LogP) is 3.23. The van der Waals surface area contributed by atoms with Crippen LogP contribution in [0.4, 0.5) is 10.1 Å². The van der Waals surface area contributed by atoms with Gasteiger partial charge >= 0.3 is 0 Å². The minimum absolute atomic E-state index is 0.207. The second kappa shape index (κ2) is 5.75. The molecule has 0 fully saturated rings. The monoisotopic (exact) mass is 282 g/mol. The zero-order valence-electron chi connectivity index (χ0n) is 11.6. The Labute approximate surface area is 122 Å². The first kappa shape index (κ1) is 13.3. The SMILES string of the molecule is Cn1cnnc1-c1ccccc1NCc1ccccc1F. The van der Waals surface area contributed by atoms with E-state index in [2.05, 4.69) is 15.5 Å². The molecule has 0 atom stereocenters. The van der Waals surface area contributed by atoms with Crippen molar-refractivity contribution in [2.75, 3.05) is 5.32 Å². The fourth-order valence-corrected chi connectivity index (χ4v) is 2.19. The van der Waals surface area contributed by atoms with Crippen molar-refractivity contribution < 1.29 is 4.39 Å². The smallest absolute Gasteiger partial charge is 0.165 e. The van der Waals surface area contributed by atoms with E-state index in [-0.39, 0.29) is 5.82 Å². The third-order valence-electron chi connectivity index (χ3n) is 3.31. The van der Waals surface area contributed by atoms with E-state index in [1.807, 2.05) is 41.9 Å². The Kier molecular flexibility index (Phi) is 3.64. The number of hydrogen-bond donors (Lipinski definition) is 1. The van der Waals surface area contributed by atoms with Crippen LogP contribution in [0.1, 0.15) is 5.56 Å². The first-order chi connectivity index (χ1) is 10.3. The second-order valence-electron chi connectivity index (χ2n) is 4.76. The van der Waals surface area contributed by atoms with Gasteiger partial charge in [-0.3, -0.25) is 0 Å².